The van der Waals surface area contributed by atoms with Crippen LogP contribution in [0.15, 0.2) is 29.2 Å². The molecule has 0 heterocycles. The van der Waals surface area contributed by atoms with Crippen LogP contribution in [0.1, 0.15) is 19.8 Å². The molecule has 16 heavy (non-hydrogen) atoms. The number of benzene rings is 1. The molecular weight excluding hydrogens is 242 g/mol. The van der Waals surface area contributed by atoms with E-state index in [1.807, 2.05) is 25.3 Å². The van der Waals surface area contributed by atoms with Crippen LogP contribution < -0.4 is 4.72 Å². The zero-order valence-electron chi connectivity index (χ0n) is 9.56. The quantitative estimate of drug-likeness (QED) is 0.799. The number of sulfonamides is 1. The maximum atomic E-state index is 11.6. The second-order valence-electron chi connectivity index (χ2n) is 3.50. The first-order valence-electron chi connectivity index (χ1n) is 5.22. The summed E-state index contributed by atoms with van der Waals surface area (Å²) < 4.78 is 25.8. The number of hydrogen-bond acceptors (Lipinski definition) is 3. The summed E-state index contributed by atoms with van der Waals surface area (Å²) in [5.41, 5.74) is 0.633. The molecule has 0 saturated carbocycles. The van der Waals surface area contributed by atoms with Gasteiger partial charge in [-0.25, -0.2) is 8.42 Å². The van der Waals surface area contributed by atoms with E-state index in [2.05, 4.69) is 4.72 Å². The van der Waals surface area contributed by atoms with Crippen LogP contribution in [0, 0.1) is 0 Å². The van der Waals surface area contributed by atoms with E-state index >= 15 is 0 Å². The maximum Gasteiger partial charge on any atom is 0.232 e. The van der Waals surface area contributed by atoms with Gasteiger partial charge in [0.2, 0.25) is 10.0 Å². The van der Waals surface area contributed by atoms with Gasteiger partial charge in [-0.05, 0) is 36.9 Å². The van der Waals surface area contributed by atoms with Gasteiger partial charge in [-0.1, -0.05) is 13.3 Å². The van der Waals surface area contributed by atoms with E-state index in [4.69, 9.17) is 0 Å². The monoisotopic (exact) mass is 259 g/mol. The van der Waals surface area contributed by atoms with E-state index in [9.17, 15) is 8.42 Å². The lowest BCUT2D eigenvalue weighted by Gasteiger charge is -2.07. The highest BCUT2D eigenvalue weighted by atomic mass is 32.2. The molecule has 3 nitrogen and oxygen atoms in total. The van der Waals surface area contributed by atoms with E-state index in [-0.39, 0.29) is 5.75 Å². The summed E-state index contributed by atoms with van der Waals surface area (Å²) in [6.45, 7) is 1.97. The van der Waals surface area contributed by atoms with Crippen LogP contribution >= 0.6 is 11.8 Å². The van der Waals surface area contributed by atoms with Crippen LogP contribution in [0.5, 0.6) is 0 Å². The predicted octanol–water partition coefficient (Wildman–Crippen LogP) is 2.95. The maximum absolute atomic E-state index is 11.6. The molecule has 1 aromatic rings. The molecule has 0 aliphatic carbocycles. The van der Waals surface area contributed by atoms with Crippen molar-refractivity contribution in [1.82, 2.24) is 0 Å². The minimum Gasteiger partial charge on any atom is -0.284 e. The van der Waals surface area contributed by atoms with E-state index in [0.717, 1.165) is 11.3 Å². The molecule has 0 unspecified atom stereocenters. The standard InChI is InChI=1S/C11H17NO2S2/c1-3-4-9-16(13,14)12-10-5-7-11(15-2)8-6-10/h5-8,12H,3-4,9H2,1-2H3. The summed E-state index contributed by atoms with van der Waals surface area (Å²) in [5.74, 6) is 0.188. The Hall–Kier alpha value is -0.680. The third-order valence-corrected chi connectivity index (χ3v) is 4.25. The minimum absolute atomic E-state index is 0.188. The van der Waals surface area contributed by atoms with E-state index in [1.165, 1.54) is 0 Å². The van der Waals surface area contributed by atoms with Gasteiger partial charge in [-0.15, -0.1) is 11.8 Å². The number of nitrogens with one attached hydrogen (secondary N) is 1. The van der Waals surface area contributed by atoms with Crippen LogP contribution in [0.2, 0.25) is 0 Å². The van der Waals surface area contributed by atoms with Crippen molar-refractivity contribution in [3.8, 4) is 0 Å². The lowest BCUT2D eigenvalue weighted by molar-refractivity contribution is 0.598. The topological polar surface area (TPSA) is 46.2 Å². The Bertz CT molecular complexity index is 412. The fourth-order valence-corrected chi connectivity index (χ4v) is 2.90. The number of hydrogen-bond donors (Lipinski definition) is 1. The average Bonchev–Trinajstić information content (AvgIpc) is 2.27. The number of anilines is 1. The van der Waals surface area contributed by atoms with Gasteiger partial charge >= 0.3 is 0 Å². The molecule has 0 saturated heterocycles. The Kier molecular flexibility index (Phi) is 5.15. The summed E-state index contributed by atoms with van der Waals surface area (Å²) in [6.07, 6.45) is 3.56. The summed E-state index contributed by atoms with van der Waals surface area (Å²) in [7, 11) is -3.17. The van der Waals surface area contributed by atoms with Crippen LogP contribution in [0.3, 0.4) is 0 Å². The van der Waals surface area contributed by atoms with Crippen molar-refractivity contribution in [1.29, 1.82) is 0 Å². The van der Waals surface area contributed by atoms with Crippen LogP contribution in [0.4, 0.5) is 5.69 Å². The Labute approximate surface area is 102 Å². The molecule has 0 aliphatic rings. The molecule has 0 spiro atoms. The van der Waals surface area contributed by atoms with Crippen molar-refractivity contribution >= 4 is 27.5 Å². The first-order chi connectivity index (χ1) is 7.57. The SMILES string of the molecule is CCCCS(=O)(=O)Nc1ccc(SC)cc1. The molecule has 1 N–H and O–H groups in total. The second-order valence-corrected chi connectivity index (χ2v) is 6.22. The Morgan fingerprint density at radius 1 is 1.25 bits per heavy atom. The molecule has 0 radical (unpaired) electrons. The molecule has 0 atom stereocenters. The van der Waals surface area contributed by atoms with Crippen LogP contribution in [-0.2, 0) is 10.0 Å². The number of thioether (sulfide) groups is 1. The number of unbranched alkanes of at least 4 members (excludes halogenated alkanes) is 1. The molecule has 0 fully saturated rings. The molecule has 5 heteroatoms. The van der Waals surface area contributed by atoms with Crippen molar-refractivity contribution in [2.45, 2.75) is 24.7 Å². The molecule has 0 bridgehead atoms. The molecule has 0 amide bonds. The highest BCUT2D eigenvalue weighted by Crippen LogP contribution is 2.18. The Morgan fingerprint density at radius 2 is 1.88 bits per heavy atom. The van der Waals surface area contributed by atoms with Gasteiger partial charge < -0.3 is 0 Å². The first kappa shape index (κ1) is 13.4. The van der Waals surface area contributed by atoms with Crippen molar-refractivity contribution in [3.05, 3.63) is 24.3 Å². The van der Waals surface area contributed by atoms with Gasteiger partial charge in [-0.2, -0.15) is 0 Å². The van der Waals surface area contributed by atoms with Crippen LogP contribution in [0.25, 0.3) is 0 Å². The largest absolute Gasteiger partial charge is 0.284 e. The second kappa shape index (κ2) is 6.15. The minimum atomic E-state index is -3.17. The van der Waals surface area contributed by atoms with E-state index < -0.39 is 10.0 Å². The molecule has 1 rings (SSSR count). The molecule has 0 aromatic heterocycles. The summed E-state index contributed by atoms with van der Waals surface area (Å²) in [5, 5.41) is 0. The molecular formula is C11H17NO2S2. The van der Waals surface area contributed by atoms with Gasteiger partial charge in [0.25, 0.3) is 0 Å². The van der Waals surface area contributed by atoms with Crippen LogP contribution in [-0.4, -0.2) is 20.4 Å². The molecule has 1 aromatic carbocycles. The van der Waals surface area contributed by atoms with E-state index in [0.29, 0.717) is 12.1 Å². The summed E-state index contributed by atoms with van der Waals surface area (Å²) >= 11 is 1.63. The van der Waals surface area contributed by atoms with Gasteiger partial charge in [0.15, 0.2) is 0 Å². The zero-order valence-corrected chi connectivity index (χ0v) is 11.2. The fourth-order valence-electron chi connectivity index (χ4n) is 1.22. The van der Waals surface area contributed by atoms with Gasteiger partial charge in [0, 0.05) is 10.6 Å². The summed E-state index contributed by atoms with van der Waals surface area (Å²) in [6, 6.07) is 7.38. The lowest BCUT2D eigenvalue weighted by atomic mass is 10.3. The van der Waals surface area contributed by atoms with Gasteiger partial charge in [-0.3, -0.25) is 4.72 Å². The Balaban J connectivity index is 2.65. The summed E-state index contributed by atoms with van der Waals surface area (Å²) in [4.78, 5) is 1.12. The highest BCUT2D eigenvalue weighted by Gasteiger charge is 2.08. The predicted molar refractivity (Wildman–Crippen MR) is 70.5 cm³/mol. The Morgan fingerprint density at radius 3 is 2.38 bits per heavy atom. The average molecular weight is 259 g/mol. The fraction of sp³-hybridized carbons (Fsp3) is 0.455. The van der Waals surface area contributed by atoms with E-state index in [1.54, 1.807) is 23.9 Å². The first-order valence-corrected chi connectivity index (χ1v) is 8.09. The smallest absolute Gasteiger partial charge is 0.232 e. The van der Waals surface area contributed by atoms with Crippen molar-refractivity contribution in [2.24, 2.45) is 0 Å². The number of rotatable bonds is 6. The van der Waals surface area contributed by atoms with Gasteiger partial charge in [0.05, 0.1) is 5.75 Å². The van der Waals surface area contributed by atoms with Crippen molar-refractivity contribution < 1.29 is 8.42 Å². The van der Waals surface area contributed by atoms with Crippen molar-refractivity contribution in [3.63, 3.8) is 0 Å². The van der Waals surface area contributed by atoms with Gasteiger partial charge in [0.1, 0.15) is 0 Å². The zero-order chi connectivity index (χ0) is 12.0. The normalized spacial score (nSPS) is 11.4. The third-order valence-electron chi connectivity index (χ3n) is 2.13. The molecule has 90 valence electrons. The third kappa shape index (κ3) is 4.45. The van der Waals surface area contributed by atoms with Crippen molar-refractivity contribution in [2.75, 3.05) is 16.7 Å². The molecule has 0 aliphatic heterocycles. The highest BCUT2D eigenvalue weighted by molar-refractivity contribution is 7.98. The lowest BCUT2D eigenvalue weighted by Crippen LogP contribution is -2.16.